The number of hydrogen-bond acceptors (Lipinski definition) is 6. The molecule has 6 nitrogen and oxygen atoms in total. The fourth-order valence-electron chi connectivity index (χ4n) is 3.06. The first-order valence-electron chi connectivity index (χ1n) is 9.81. The minimum absolute atomic E-state index is 0.109. The molecule has 0 fully saturated rings. The molecule has 31 heavy (non-hydrogen) atoms. The highest BCUT2D eigenvalue weighted by molar-refractivity contribution is 7.99. The lowest BCUT2D eigenvalue weighted by Gasteiger charge is -2.08. The van der Waals surface area contributed by atoms with Gasteiger partial charge in [-0.3, -0.25) is 14.2 Å². The van der Waals surface area contributed by atoms with E-state index in [0.717, 1.165) is 28.2 Å². The molecule has 0 aliphatic heterocycles. The van der Waals surface area contributed by atoms with Gasteiger partial charge in [-0.25, -0.2) is 4.98 Å². The lowest BCUT2D eigenvalue weighted by atomic mass is 10.1. The Bertz CT molecular complexity index is 1290. The van der Waals surface area contributed by atoms with Crippen molar-refractivity contribution in [2.24, 2.45) is 7.05 Å². The van der Waals surface area contributed by atoms with Gasteiger partial charge in [-0.05, 0) is 30.9 Å². The third kappa shape index (κ3) is 4.70. The van der Waals surface area contributed by atoms with Crippen LogP contribution in [0.5, 0.6) is 0 Å². The standard InChI is InChI=1S/C23H22N4O2S2/c1-14-4-8-16(9-5-14)12-24-18(28)13-30-23-25-20-19(17-10-6-15(2)7-11-17)26-31-21(20)22(29)27(23)3/h4-11H,12-13H2,1-3H3,(H,24,28). The van der Waals surface area contributed by atoms with Crippen molar-refractivity contribution in [2.75, 3.05) is 5.75 Å². The minimum Gasteiger partial charge on any atom is -0.351 e. The van der Waals surface area contributed by atoms with Crippen LogP contribution in [0.3, 0.4) is 0 Å². The van der Waals surface area contributed by atoms with E-state index >= 15 is 0 Å². The summed E-state index contributed by atoms with van der Waals surface area (Å²) in [5, 5.41) is 3.41. The summed E-state index contributed by atoms with van der Waals surface area (Å²) in [4.78, 5) is 29.8. The van der Waals surface area contributed by atoms with Crippen molar-refractivity contribution in [3.8, 4) is 11.3 Å². The molecule has 4 rings (SSSR count). The average molecular weight is 451 g/mol. The second kappa shape index (κ2) is 9.03. The predicted molar refractivity (Wildman–Crippen MR) is 127 cm³/mol. The molecule has 0 saturated carbocycles. The van der Waals surface area contributed by atoms with Gasteiger partial charge in [-0.15, -0.1) is 0 Å². The first-order chi connectivity index (χ1) is 14.9. The van der Waals surface area contributed by atoms with E-state index < -0.39 is 0 Å². The van der Waals surface area contributed by atoms with Gasteiger partial charge in [0.1, 0.15) is 15.9 Å². The fourth-order valence-corrected chi connectivity index (χ4v) is 4.67. The molecule has 2 heterocycles. The van der Waals surface area contributed by atoms with Crippen LogP contribution >= 0.6 is 23.3 Å². The number of fused-ring (bicyclic) bond motifs is 1. The molecule has 1 N–H and O–H groups in total. The van der Waals surface area contributed by atoms with E-state index in [4.69, 9.17) is 0 Å². The topological polar surface area (TPSA) is 76.9 Å². The number of hydrogen-bond donors (Lipinski definition) is 1. The van der Waals surface area contributed by atoms with Gasteiger partial charge in [0.2, 0.25) is 5.91 Å². The molecule has 0 spiro atoms. The molecule has 1 amide bonds. The number of amides is 1. The molecule has 8 heteroatoms. The monoisotopic (exact) mass is 450 g/mol. The molecular formula is C23H22N4O2S2. The van der Waals surface area contributed by atoms with E-state index in [1.54, 1.807) is 7.05 Å². The van der Waals surface area contributed by atoms with Crippen LogP contribution in [0.4, 0.5) is 0 Å². The van der Waals surface area contributed by atoms with Crippen molar-refractivity contribution in [1.29, 1.82) is 0 Å². The summed E-state index contributed by atoms with van der Waals surface area (Å²) in [6.45, 7) is 4.52. The molecule has 0 aliphatic carbocycles. The summed E-state index contributed by atoms with van der Waals surface area (Å²) < 4.78 is 6.48. The van der Waals surface area contributed by atoms with E-state index in [1.165, 1.54) is 21.9 Å². The average Bonchev–Trinajstić information content (AvgIpc) is 3.19. The Morgan fingerprint density at radius 2 is 1.71 bits per heavy atom. The van der Waals surface area contributed by atoms with E-state index in [9.17, 15) is 9.59 Å². The third-order valence-corrected chi connectivity index (χ3v) is 6.78. The van der Waals surface area contributed by atoms with Gasteiger partial charge < -0.3 is 5.32 Å². The van der Waals surface area contributed by atoms with Crippen molar-refractivity contribution in [3.63, 3.8) is 0 Å². The quantitative estimate of drug-likeness (QED) is 0.354. The van der Waals surface area contributed by atoms with Crippen LogP contribution in [0.15, 0.2) is 58.5 Å². The highest BCUT2D eigenvalue weighted by Crippen LogP contribution is 2.29. The normalized spacial score (nSPS) is 11.1. The first-order valence-corrected chi connectivity index (χ1v) is 11.6. The van der Waals surface area contributed by atoms with Gasteiger partial charge >= 0.3 is 0 Å². The Labute approximate surface area is 188 Å². The van der Waals surface area contributed by atoms with Gasteiger partial charge in [0.05, 0.1) is 5.75 Å². The summed E-state index contributed by atoms with van der Waals surface area (Å²) in [7, 11) is 1.67. The number of benzene rings is 2. The van der Waals surface area contributed by atoms with Gasteiger partial charge in [0.15, 0.2) is 5.16 Å². The largest absolute Gasteiger partial charge is 0.351 e. The second-order valence-electron chi connectivity index (χ2n) is 7.38. The molecule has 2 aromatic carbocycles. The first kappa shape index (κ1) is 21.3. The van der Waals surface area contributed by atoms with E-state index in [1.807, 2.05) is 62.4 Å². The molecule has 0 aliphatic rings. The van der Waals surface area contributed by atoms with Crippen molar-refractivity contribution in [3.05, 3.63) is 75.6 Å². The smallest absolute Gasteiger partial charge is 0.273 e. The summed E-state index contributed by atoms with van der Waals surface area (Å²) in [5.74, 6) is 0.0665. The van der Waals surface area contributed by atoms with Crippen molar-refractivity contribution >= 4 is 39.4 Å². The third-order valence-electron chi connectivity index (χ3n) is 4.93. The maximum Gasteiger partial charge on any atom is 0.273 e. The highest BCUT2D eigenvalue weighted by atomic mass is 32.2. The van der Waals surface area contributed by atoms with Crippen molar-refractivity contribution in [1.82, 2.24) is 19.2 Å². The molecule has 0 bridgehead atoms. The van der Waals surface area contributed by atoms with E-state index in [2.05, 4.69) is 14.7 Å². The zero-order valence-corrected chi connectivity index (χ0v) is 19.1. The van der Waals surface area contributed by atoms with Gasteiger partial charge in [0.25, 0.3) is 5.56 Å². The van der Waals surface area contributed by atoms with E-state index in [0.29, 0.717) is 27.6 Å². The molecule has 0 saturated heterocycles. The minimum atomic E-state index is -0.150. The SMILES string of the molecule is Cc1ccc(CNC(=O)CSc2nc3c(-c4ccc(C)cc4)nsc3c(=O)n2C)cc1. The molecule has 4 aromatic rings. The van der Waals surface area contributed by atoms with Gasteiger partial charge in [-0.1, -0.05) is 71.4 Å². The number of rotatable bonds is 6. The molecule has 2 aromatic heterocycles. The van der Waals surface area contributed by atoms with Gasteiger partial charge in [-0.2, -0.15) is 4.37 Å². The summed E-state index contributed by atoms with van der Waals surface area (Å²) in [6.07, 6.45) is 0. The summed E-state index contributed by atoms with van der Waals surface area (Å²) >= 11 is 2.41. The zero-order valence-electron chi connectivity index (χ0n) is 17.5. The molecule has 0 atom stereocenters. The summed E-state index contributed by atoms with van der Waals surface area (Å²) in [6, 6.07) is 16.0. The van der Waals surface area contributed by atoms with Crippen LogP contribution in [0, 0.1) is 13.8 Å². The predicted octanol–water partition coefficient (Wildman–Crippen LogP) is 4.08. The number of carbonyl (C=O) groups is 1. The number of carbonyl (C=O) groups excluding carboxylic acids is 1. The molecule has 0 unspecified atom stereocenters. The van der Waals surface area contributed by atoms with Crippen LogP contribution in [0.2, 0.25) is 0 Å². The van der Waals surface area contributed by atoms with Crippen LogP contribution < -0.4 is 10.9 Å². The molecule has 158 valence electrons. The second-order valence-corrected chi connectivity index (χ2v) is 9.10. The number of aryl methyl sites for hydroxylation is 2. The molecular weight excluding hydrogens is 428 g/mol. The maximum absolute atomic E-state index is 12.8. The van der Waals surface area contributed by atoms with Gasteiger partial charge in [0, 0.05) is 19.2 Å². The number of thioether (sulfide) groups is 1. The maximum atomic E-state index is 12.8. The lowest BCUT2D eigenvalue weighted by molar-refractivity contribution is -0.118. The Balaban J connectivity index is 1.52. The van der Waals surface area contributed by atoms with Crippen LogP contribution in [-0.2, 0) is 18.4 Å². The molecule has 0 radical (unpaired) electrons. The zero-order chi connectivity index (χ0) is 22.0. The van der Waals surface area contributed by atoms with Crippen LogP contribution in [0.25, 0.3) is 21.5 Å². The number of nitrogens with one attached hydrogen (secondary N) is 1. The van der Waals surface area contributed by atoms with E-state index in [-0.39, 0.29) is 17.2 Å². The Hall–Kier alpha value is -2.97. The van der Waals surface area contributed by atoms with Crippen LogP contribution in [-0.4, -0.2) is 25.6 Å². The van der Waals surface area contributed by atoms with Crippen LogP contribution in [0.1, 0.15) is 16.7 Å². The lowest BCUT2D eigenvalue weighted by Crippen LogP contribution is -2.25. The Kier molecular flexibility index (Phi) is 6.20. The Morgan fingerprint density at radius 1 is 1.06 bits per heavy atom. The van der Waals surface area contributed by atoms with Crippen molar-refractivity contribution in [2.45, 2.75) is 25.5 Å². The fraction of sp³-hybridized carbons (Fsp3) is 0.217. The van der Waals surface area contributed by atoms with Crippen molar-refractivity contribution < 1.29 is 4.79 Å². The number of aromatic nitrogens is 3. The highest BCUT2D eigenvalue weighted by Gasteiger charge is 2.17. The number of nitrogens with zero attached hydrogens (tertiary/aromatic N) is 3. The Morgan fingerprint density at radius 3 is 2.39 bits per heavy atom. The summed E-state index contributed by atoms with van der Waals surface area (Å²) in [5.41, 5.74) is 5.43.